The molecule has 0 unspecified atom stereocenters. The second-order valence-electron chi connectivity index (χ2n) is 5.16. The van der Waals surface area contributed by atoms with Crippen molar-refractivity contribution in [1.29, 1.82) is 0 Å². The molecule has 0 aliphatic heterocycles. The van der Waals surface area contributed by atoms with Crippen LogP contribution in [0.5, 0.6) is 0 Å². The van der Waals surface area contributed by atoms with E-state index in [1.54, 1.807) is 0 Å². The largest absolute Gasteiger partial charge is 0.395 e. The van der Waals surface area contributed by atoms with Gasteiger partial charge in [-0.2, -0.15) is 0 Å². The van der Waals surface area contributed by atoms with E-state index in [-0.39, 0.29) is 29.4 Å². The molecule has 2 aromatic carbocycles. The third-order valence-corrected chi connectivity index (χ3v) is 4.05. The van der Waals surface area contributed by atoms with Crippen molar-refractivity contribution in [2.75, 3.05) is 18.5 Å². The summed E-state index contributed by atoms with van der Waals surface area (Å²) >= 11 is 3.37. The van der Waals surface area contributed by atoms with Crippen molar-refractivity contribution in [3.63, 3.8) is 0 Å². The van der Waals surface area contributed by atoms with Gasteiger partial charge in [0.25, 0.3) is 0 Å². The van der Waals surface area contributed by atoms with Crippen molar-refractivity contribution in [2.24, 2.45) is 0 Å². The molecule has 1 aromatic heterocycles. The van der Waals surface area contributed by atoms with E-state index in [4.69, 9.17) is 5.11 Å². The molecule has 7 heteroatoms. The van der Waals surface area contributed by atoms with Crippen molar-refractivity contribution in [3.05, 3.63) is 58.1 Å². The van der Waals surface area contributed by atoms with Gasteiger partial charge in [-0.15, -0.1) is 17.0 Å². The number of ketones is 1. The van der Waals surface area contributed by atoms with Crippen molar-refractivity contribution >= 4 is 55.7 Å². The third-order valence-electron chi connectivity index (χ3n) is 3.52. The Labute approximate surface area is 158 Å². The number of hydrogen-bond acceptors (Lipinski definition) is 4. The number of para-hydroxylation sites is 1. The number of benzene rings is 2. The van der Waals surface area contributed by atoms with Gasteiger partial charge in [-0.25, -0.2) is 4.98 Å². The number of aliphatic hydroxyl groups is 1. The molecule has 0 aliphatic carbocycles. The first-order valence-electron chi connectivity index (χ1n) is 7.28. The van der Waals surface area contributed by atoms with Crippen LogP contribution in [0.3, 0.4) is 0 Å². The molecule has 0 radical (unpaired) electrons. The number of Topliss-reactive ketones (excluding diaryl/α,β-unsaturated/α-hetero) is 1. The number of anilines is 1. The zero-order valence-corrected chi connectivity index (χ0v) is 16.1. The number of nitrogens with one attached hydrogen (secondary N) is 2. The smallest absolute Gasteiger partial charge is 0.201 e. The zero-order valence-electron chi connectivity index (χ0n) is 12.8. The molecule has 0 saturated carbocycles. The first kappa shape index (κ1) is 18.6. The lowest BCUT2D eigenvalue weighted by atomic mass is 10.0. The van der Waals surface area contributed by atoms with Gasteiger partial charge in [0.05, 0.1) is 17.6 Å². The minimum absolute atomic E-state index is 0. The maximum atomic E-state index is 12.4. The van der Waals surface area contributed by atoms with Crippen molar-refractivity contribution in [1.82, 2.24) is 9.97 Å². The van der Waals surface area contributed by atoms with Gasteiger partial charge >= 0.3 is 0 Å². The van der Waals surface area contributed by atoms with E-state index in [0.29, 0.717) is 24.5 Å². The highest BCUT2D eigenvalue weighted by Crippen LogP contribution is 2.21. The van der Waals surface area contributed by atoms with E-state index in [0.717, 1.165) is 21.1 Å². The number of hydrogen-bond donors (Lipinski definition) is 3. The maximum Gasteiger partial charge on any atom is 0.201 e. The van der Waals surface area contributed by atoms with Crippen LogP contribution in [0.1, 0.15) is 15.9 Å². The van der Waals surface area contributed by atoms with Crippen LogP contribution in [-0.4, -0.2) is 34.0 Å². The summed E-state index contributed by atoms with van der Waals surface area (Å²) in [6, 6.07) is 13.1. The average Bonchev–Trinajstić information content (AvgIpc) is 2.97. The molecule has 3 N–H and O–H groups in total. The predicted molar refractivity (Wildman–Crippen MR) is 104 cm³/mol. The topological polar surface area (TPSA) is 78.0 Å². The number of fused-ring (bicyclic) bond motifs is 1. The fourth-order valence-electron chi connectivity index (χ4n) is 2.40. The Kier molecular flexibility index (Phi) is 6.53. The van der Waals surface area contributed by atoms with Crippen LogP contribution in [0.25, 0.3) is 11.0 Å². The number of nitrogens with zero attached hydrogens (tertiary/aromatic N) is 1. The molecule has 126 valence electrons. The number of aromatic nitrogens is 2. The number of carbonyl (C=O) groups excluding carboxylic acids is 1. The molecule has 0 bridgehead atoms. The predicted octanol–water partition coefficient (Wildman–Crippen LogP) is 3.73. The monoisotopic (exact) mass is 453 g/mol. The van der Waals surface area contributed by atoms with Crippen molar-refractivity contribution in [2.45, 2.75) is 6.42 Å². The van der Waals surface area contributed by atoms with Gasteiger partial charge in [-0.1, -0.05) is 40.2 Å². The molecule has 0 spiro atoms. The summed E-state index contributed by atoms with van der Waals surface area (Å²) in [6.07, 6.45) is 0.295. The number of halogens is 2. The summed E-state index contributed by atoms with van der Waals surface area (Å²) in [6.45, 7) is 0.457. The van der Waals surface area contributed by atoms with Gasteiger partial charge in [0.15, 0.2) is 5.78 Å². The quantitative estimate of drug-likeness (QED) is 0.496. The van der Waals surface area contributed by atoms with Crippen LogP contribution >= 0.6 is 32.9 Å². The van der Waals surface area contributed by atoms with Gasteiger partial charge in [0, 0.05) is 23.0 Å². The average molecular weight is 455 g/mol. The van der Waals surface area contributed by atoms with E-state index < -0.39 is 0 Å². The molecule has 1 heterocycles. The third kappa shape index (κ3) is 4.23. The number of H-pyrrole nitrogens is 1. The fraction of sp³-hybridized carbons (Fsp3) is 0.176. The SMILES string of the molecule is Br.O=C(Cc1cccc2[nH]c(NCCO)nc12)c1ccc(Br)cc1. The van der Waals surface area contributed by atoms with Crippen LogP contribution in [0, 0.1) is 0 Å². The molecular formula is C17H17Br2N3O2. The van der Waals surface area contributed by atoms with E-state index in [9.17, 15) is 4.79 Å². The van der Waals surface area contributed by atoms with Gasteiger partial charge in [0.1, 0.15) is 0 Å². The Hall–Kier alpha value is -1.70. The molecule has 24 heavy (non-hydrogen) atoms. The highest BCUT2D eigenvalue weighted by Gasteiger charge is 2.12. The van der Waals surface area contributed by atoms with Crippen molar-refractivity contribution in [3.8, 4) is 0 Å². The highest BCUT2D eigenvalue weighted by atomic mass is 79.9. The molecule has 0 saturated heterocycles. The lowest BCUT2D eigenvalue weighted by Crippen LogP contribution is -2.06. The number of imidazole rings is 1. The first-order chi connectivity index (χ1) is 11.2. The van der Waals surface area contributed by atoms with Gasteiger partial charge < -0.3 is 15.4 Å². The molecule has 0 fully saturated rings. The van der Waals surface area contributed by atoms with Crippen LogP contribution in [-0.2, 0) is 6.42 Å². The van der Waals surface area contributed by atoms with Gasteiger partial charge in [-0.05, 0) is 23.8 Å². The van der Waals surface area contributed by atoms with Gasteiger partial charge in [0.2, 0.25) is 5.95 Å². The van der Waals surface area contributed by atoms with E-state index >= 15 is 0 Å². The van der Waals surface area contributed by atoms with Gasteiger partial charge in [-0.3, -0.25) is 4.79 Å². The van der Waals surface area contributed by atoms with Crippen molar-refractivity contribution < 1.29 is 9.90 Å². The second-order valence-corrected chi connectivity index (χ2v) is 6.07. The van der Waals surface area contributed by atoms with Crippen LogP contribution in [0.4, 0.5) is 5.95 Å². The van der Waals surface area contributed by atoms with E-state index in [1.165, 1.54) is 0 Å². The molecule has 3 aromatic rings. The molecular weight excluding hydrogens is 438 g/mol. The Balaban J connectivity index is 0.00000208. The maximum absolute atomic E-state index is 12.4. The molecule has 0 amide bonds. The minimum atomic E-state index is 0. The Morgan fingerprint density at radius 2 is 1.96 bits per heavy atom. The standard InChI is InChI=1S/C17H16BrN3O2.BrH/c18-13-6-4-11(5-7-13)15(23)10-12-2-1-3-14-16(12)21-17(20-14)19-8-9-22;/h1-7,22H,8-10H2,(H2,19,20,21);1H. The Bertz CT molecular complexity index is 831. The summed E-state index contributed by atoms with van der Waals surface area (Å²) in [5.74, 6) is 0.649. The molecule has 5 nitrogen and oxygen atoms in total. The number of aromatic amines is 1. The van der Waals surface area contributed by atoms with E-state index in [1.807, 2.05) is 42.5 Å². The molecule has 0 aliphatic rings. The number of rotatable bonds is 6. The fourth-order valence-corrected chi connectivity index (χ4v) is 2.67. The number of aliphatic hydroxyl groups excluding tert-OH is 1. The van der Waals surface area contributed by atoms with Crippen LogP contribution < -0.4 is 5.32 Å². The summed E-state index contributed by atoms with van der Waals surface area (Å²) in [4.78, 5) is 20.1. The Morgan fingerprint density at radius 3 is 2.67 bits per heavy atom. The van der Waals surface area contributed by atoms with Crippen LogP contribution in [0.15, 0.2) is 46.9 Å². The lowest BCUT2D eigenvalue weighted by Gasteiger charge is -2.03. The van der Waals surface area contributed by atoms with E-state index in [2.05, 4.69) is 31.2 Å². The minimum Gasteiger partial charge on any atom is -0.395 e. The lowest BCUT2D eigenvalue weighted by molar-refractivity contribution is 0.0993. The zero-order chi connectivity index (χ0) is 16.2. The summed E-state index contributed by atoms with van der Waals surface area (Å²) in [7, 11) is 0. The normalized spacial score (nSPS) is 10.4. The first-order valence-corrected chi connectivity index (χ1v) is 8.08. The second kappa shape index (κ2) is 8.41. The summed E-state index contributed by atoms with van der Waals surface area (Å²) in [5, 5.41) is 11.9. The van der Waals surface area contributed by atoms with Crippen LogP contribution in [0.2, 0.25) is 0 Å². The summed E-state index contributed by atoms with van der Waals surface area (Å²) < 4.78 is 0.947. The highest BCUT2D eigenvalue weighted by molar-refractivity contribution is 9.10. The number of carbonyl (C=O) groups is 1. The molecule has 0 atom stereocenters. The molecule has 3 rings (SSSR count). The Morgan fingerprint density at radius 1 is 1.21 bits per heavy atom. The summed E-state index contributed by atoms with van der Waals surface area (Å²) in [5.41, 5.74) is 3.20.